The molecule has 1 heterocycles. The summed E-state index contributed by atoms with van der Waals surface area (Å²) in [6, 6.07) is 19.6. The Balaban J connectivity index is 1.75. The Labute approximate surface area is 123 Å². The van der Waals surface area contributed by atoms with Crippen molar-refractivity contribution in [1.29, 1.82) is 0 Å². The number of aromatic nitrogens is 2. The number of nitrogens with zero attached hydrogens (tertiary/aromatic N) is 1. The zero-order valence-electron chi connectivity index (χ0n) is 11.7. The molecule has 3 aromatic rings. The van der Waals surface area contributed by atoms with Gasteiger partial charge in [-0.2, -0.15) is 0 Å². The molecular weight excluding hydrogens is 260 g/mol. The maximum atomic E-state index is 12.3. The monoisotopic (exact) mass is 277 g/mol. The lowest BCUT2D eigenvalue weighted by atomic mass is 10.1. The molecule has 3 rings (SSSR count). The zero-order valence-corrected chi connectivity index (χ0v) is 11.7. The van der Waals surface area contributed by atoms with E-state index in [4.69, 9.17) is 0 Å². The predicted molar refractivity (Wildman–Crippen MR) is 81.0 cm³/mol. The van der Waals surface area contributed by atoms with Crippen LogP contribution in [0.2, 0.25) is 0 Å². The molecule has 1 N–H and O–H groups in total. The summed E-state index contributed by atoms with van der Waals surface area (Å²) >= 11 is 0. The number of rotatable bonds is 5. The average Bonchev–Trinajstić information content (AvgIpc) is 2.96. The van der Waals surface area contributed by atoms with Crippen molar-refractivity contribution in [2.45, 2.75) is 13.0 Å². The number of H-pyrrole nitrogens is 1. The van der Waals surface area contributed by atoms with E-state index in [9.17, 15) is 4.79 Å². The first-order valence-electron chi connectivity index (χ1n) is 7.01. The summed E-state index contributed by atoms with van der Waals surface area (Å²) in [5.74, 6) is 1.15. The third-order valence-corrected chi connectivity index (χ3v) is 3.48. The minimum absolute atomic E-state index is 0.120. The van der Waals surface area contributed by atoms with Gasteiger partial charge in [-0.1, -0.05) is 60.7 Å². The summed E-state index contributed by atoms with van der Waals surface area (Å²) in [6.07, 6.45) is 4.57. The first-order chi connectivity index (χ1) is 10.3. The number of aromatic amines is 1. The number of Topliss-reactive ketones (excluding diaryl/α,β-unsaturated/α-hetero) is 1. The van der Waals surface area contributed by atoms with E-state index >= 15 is 0 Å². The highest BCUT2D eigenvalue weighted by Crippen LogP contribution is 2.05. The summed E-state index contributed by atoms with van der Waals surface area (Å²) in [4.78, 5) is 15.5. The number of imidazole rings is 1. The molecule has 3 heteroatoms. The van der Waals surface area contributed by atoms with Gasteiger partial charge in [0, 0.05) is 5.56 Å². The van der Waals surface area contributed by atoms with Crippen LogP contribution in [-0.2, 0) is 13.0 Å². The second kappa shape index (κ2) is 6.18. The highest BCUT2D eigenvalue weighted by Gasteiger charge is 2.15. The summed E-state index contributed by atoms with van der Waals surface area (Å²) in [6.45, 7) is 0.357. The third kappa shape index (κ3) is 3.26. The van der Waals surface area contributed by atoms with Crippen LogP contribution < -0.4 is 4.57 Å². The van der Waals surface area contributed by atoms with Gasteiger partial charge in [-0.25, -0.2) is 9.55 Å². The van der Waals surface area contributed by atoms with Crippen molar-refractivity contribution in [3.63, 3.8) is 0 Å². The minimum atomic E-state index is 0.120. The van der Waals surface area contributed by atoms with Gasteiger partial charge in [0.15, 0.2) is 6.54 Å². The molecule has 0 unspecified atom stereocenters. The SMILES string of the molecule is O=C(C[n+]1cc[nH]c1Cc1ccccc1)c1ccccc1. The van der Waals surface area contributed by atoms with Gasteiger partial charge in [-0.15, -0.1) is 0 Å². The second-order valence-electron chi connectivity index (χ2n) is 4.99. The fourth-order valence-electron chi connectivity index (χ4n) is 2.36. The van der Waals surface area contributed by atoms with Crippen LogP contribution in [0.5, 0.6) is 0 Å². The Hall–Kier alpha value is -2.68. The average molecular weight is 277 g/mol. The van der Waals surface area contributed by atoms with Gasteiger partial charge in [0.25, 0.3) is 5.82 Å². The molecule has 0 amide bonds. The van der Waals surface area contributed by atoms with E-state index in [0.717, 1.165) is 17.8 Å². The number of hydrogen-bond donors (Lipinski definition) is 1. The number of hydrogen-bond acceptors (Lipinski definition) is 1. The molecule has 0 atom stereocenters. The van der Waals surface area contributed by atoms with E-state index in [-0.39, 0.29) is 5.78 Å². The van der Waals surface area contributed by atoms with Crippen molar-refractivity contribution in [3.05, 3.63) is 90.0 Å². The summed E-state index contributed by atoms with van der Waals surface area (Å²) in [5, 5.41) is 0. The second-order valence-corrected chi connectivity index (χ2v) is 4.99. The molecule has 0 aliphatic rings. The van der Waals surface area contributed by atoms with Crippen molar-refractivity contribution in [1.82, 2.24) is 4.98 Å². The Morgan fingerprint density at radius 1 is 0.952 bits per heavy atom. The van der Waals surface area contributed by atoms with Crippen LogP contribution in [0.1, 0.15) is 21.7 Å². The standard InChI is InChI=1S/C18H16N2O/c21-17(16-9-5-2-6-10-16)14-20-12-11-19-18(20)13-15-7-3-1-4-8-15/h1-12H,13-14H2/p+1. The summed E-state index contributed by atoms with van der Waals surface area (Å²) in [7, 11) is 0. The number of nitrogens with one attached hydrogen (secondary N) is 1. The molecule has 3 nitrogen and oxygen atoms in total. The molecule has 0 spiro atoms. The molecule has 21 heavy (non-hydrogen) atoms. The molecule has 0 radical (unpaired) electrons. The van der Waals surface area contributed by atoms with Crippen LogP contribution in [0.15, 0.2) is 73.1 Å². The Morgan fingerprint density at radius 2 is 1.62 bits per heavy atom. The molecule has 0 aliphatic heterocycles. The van der Waals surface area contributed by atoms with E-state index in [2.05, 4.69) is 17.1 Å². The molecule has 104 valence electrons. The van der Waals surface area contributed by atoms with Gasteiger partial charge in [0.05, 0.1) is 6.42 Å². The van der Waals surface area contributed by atoms with Gasteiger partial charge in [0.2, 0.25) is 5.78 Å². The molecule has 0 bridgehead atoms. The molecular formula is C18H17N2O+. The van der Waals surface area contributed by atoms with E-state index in [1.165, 1.54) is 5.56 Å². The highest BCUT2D eigenvalue weighted by molar-refractivity contribution is 5.94. The van der Waals surface area contributed by atoms with Gasteiger partial charge in [-0.05, 0) is 5.56 Å². The van der Waals surface area contributed by atoms with Crippen molar-refractivity contribution < 1.29 is 9.36 Å². The lowest BCUT2D eigenvalue weighted by molar-refractivity contribution is -0.688. The first kappa shape index (κ1) is 13.3. The Bertz CT molecular complexity index is 717. The Morgan fingerprint density at radius 3 is 2.33 bits per heavy atom. The van der Waals surface area contributed by atoms with Crippen LogP contribution in [0.25, 0.3) is 0 Å². The highest BCUT2D eigenvalue weighted by atomic mass is 16.1. The molecule has 0 saturated carbocycles. The van der Waals surface area contributed by atoms with E-state index < -0.39 is 0 Å². The van der Waals surface area contributed by atoms with Gasteiger partial charge in [0.1, 0.15) is 12.4 Å². The maximum Gasteiger partial charge on any atom is 0.259 e. The molecule has 0 aliphatic carbocycles. The van der Waals surface area contributed by atoms with Crippen molar-refractivity contribution in [2.75, 3.05) is 0 Å². The number of benzene rings is 2. The van der Waals surface area contributed by atoms with Crippen molar-refractivity contribution in [3.8, 4) is 0 Å². The van der Waals surface area contributed by atoms with Gasteiger partial charge < -0.3 is 0 Å². The Kier molecular flexibility index (Phi) is 3.92. The van der Waals surface area contributed by atoms with E-state index in [1.807, 2.05) is 65.5 Å². The minimum Gasteiger partial charge on any atom is -0.290 e. The van der Waals surface area contributed by atoms with Crippen LogP contribution in [-0.4, -0.2) is 10.8 Å². The van der Waals surface area contributed by atoms with Crippen LogP contribution >= 0.6 is 0 Å². The number of ketones is 1. The quantitative estimate of drug-likeness (QED) is 0.565. The van der Waals surface area contributed by atoms with Gasteiger partial charge in [-0.3, -0.25) is 4.79 Å². The third-order valence-electron chi connectivity index (χ3n) is 3.48. The zero-order chi connectivity index (χ0) is 14.5. The topological polar surface area (TPSA) is 36.7 Å². The molecule has 2 aromatic carbocycles. The summed E-state index contributed by atoms with van der Waals surface area (Å²) < 4.78 is 1.97. The lowest BCUT2D eigenvalue weighted by Crippen LogP contribution is -2.40. The van der Waals surface area contributed by atoms with Crippen LogP contribution in [0.3, 0.4) is 0 Å². The smallest absolute Gasteiger partial charge is 0.259 e. The first-order valence-corrected chi connectivity index (χ1v) is 7.01. The molecule has 1 aromatic heterocycles. The van der Waals surface area contributed by atoms with Gasteiger partial charge >= 0.3 is 0 Å². The number of carbonyl (C=O) groups is 1. The number of carbonyl (C=O) groups excluding carboxylic acids is 1. The van der Waals surface area contributed by atoms with E-state index in [1.54, 1.807) is 0 Å². The normalized spacial score (nSPS) is 10.5. The largest absolute Gasteiger partial charge is 0.290 e. The maximum absolute atomic E-state index is 12.3. The predicted octanol–water partition coefficient (Wildman–Crippen LogP) is 2.78. The van der Waals surface area contributed by atoms with Crippen LogP contribution in [0.4, 0.5) is 0 Å². The fourth-order valence-corrected chi connectivity index (χ4v) is 2.36. The molecule has 0 fully saturated rings. The van der Waals surface area contributed by atoms with Crippen molar-refractivity contribution in [2.24, 2.45) is 0 Å². The summed E-state index contributed by atoms with van der Waals surface area (Å²) in [5.41, 5.74) is 1.97. The van der Waals surface area contributed by atoms with Crippen molar-refractivity contribution >= 4 is 5.78 Å². The van der Waals surface area contributed by atoms with E-state index in [0.29, 0.717) is 6.54 Å². The fraction of sp³-hybridized carbons (Fsp3) is 0.111. The van der Waals surface area contributed by atoms with Crippen LogP contribution in [0, 0.1) is 0 Å². The molecule has 0 saturated heterocycles. The lowest BCUT2D eigenvalue weighted by Gasteiger charge is -2.02.